The number of rotatable bonds is 4. The van der Waals surface area contributed by atoms with Crippen molar-refractivity contribution in [2.75, 3.05) is 11.9 Å². The normalized spacial score (nSPS) is 10.4. The summed E-state index contributed by atoms with van der Waals surface area (Å²) in [5.41, 5.74) is 0. The van der Waals surface area contributed by atoms with Crippen LogP contribution in [0.3, 0.4) is 0 Å². The summed E-state index contributed by atoms with van der Waals surface area (Å²) < 4.78 is 1.53. The Morgan fingerprint density at radius 3 is 2.94 bits per heavy atom. The zero-order valence-corrected chi connectivity index (χ0v) is 9.52. The second-order valence-electron chi connectivity index (χ2n) is 3.11. The SMILES string of the molecule is CCCNc1nc(Cl)nc(-n2cccn2)n1. The molecule has 0 fully saturated rings. The molecule has 2 rings (SSSR count). The average molecular weight is 239 g/mol. The minimum Gasteiger partial charge on any atom is -0.354 e. The molecule has 0 spiro atoms. The summed E-state index contributed by atoms with van der Waals surface area (Å²) in [4.78, 5) is 12.2. The molecule has 16 heavy (non-hydrogen) atoms. The van der Waals surface area contributed by atoms with Gasteiger partial charge in [0, 0.05) is 18.9 Å². The number of nitrogens with one attached hydrogen (secondary N) is 1. The molecule has 0 aromatic carbocycles. The molecule has 2 heterocycles. The lowest BCUT2D eigenvalue weighted by atomic mass is 10.5. The van der Waals surface area contributed by atoms with Gasteiger partial charge in [-0.15, -0.1) is 0 Å². The monoisotopic (exact) mass is 238 g/mol. The van der Waals surface area contributed by atoms with Crippen LogP contribution in [0.25, 0.3) is 5.95 Å². The highest BCUT2D eigenvalue weighted by Crippen LogP contribution is 2.08. The van der Waals surface area contributed by atoms with E-state index >= 15 is 0 Å². The van der Waals surface area contributed by atoms with Crippen LogP contribution in [0, 0.1) is 0 Å². The molecule has 0 unspecified atom stereocenters. The first-order chi connectivity index (χ1) is 7.79. The molecule has 6 nitrogen and oxygen atoms in total. The van der Waals surface area contributed by atoms with Gasteiger partial charge in [-0.1, -0.05) is 6.92 Å². The second-order valence-corrected chi connectivity index (χ2v) is 3.44. The van der Waals surface area contributed by atoms with Crippen molar-refractivity contribution >= 4 is 17.5 Å². The van der Waals surface area contributed by atoms with Crippen molar-refractivity contribution in [3.63, 3.8) is 0 Å². The van der Waals surface area contributed by atoms with Gasteiger partial charge in [0.2, 0.25) is 11.2 Å². The highest BCUT2D eigenvalue weighted by molar-refractivity contribution is 6.28. The zero-order chi connectivity index (χ0) is 11.4. The number of anilines is 1. The smallest absolute Gasteiger partial charge is 0.256 e. The van der Waals surface area contributed by atoms with Crippen LogP contribution in [-0.2, 0) is 0 Å². The van der Waals surface area contributed by atoms with Gasteiger partial charge in [0.05, 0.1) is 0 Å². The van der Waals surface area contributed by atoms with Crippen molar-refractivity contribution in [3.8, 4) is 5.95 Å². The molecule has 0 saturated heterocycles. The lowest BCUT2D eigenvalue weighted by molar-refractivity contribution is 0.793. The largest absolute Gasteiger partial charge is 0.354 e. The van der Waals surface area contributed by atoms with Crippen molar-refractivity contribution < 1.29 is 0 Å². The third kappa shape index (κ3) is 2.46. The van der Waals surface area contributed by atoms with E-state index in [0.717, 1.165) is 13.0 Å². The van der Waals surface area contributed by atoms with Gasteiger partial charge in [0.25, 0.3) is 5.95 Å². The van der Waals surface area contributed by atoms with Crippen molar-refractivity contribution in [3.05, 3.63) is 23.7 Å². The number of hydrogen-bond acceptors (Lipinski definition) is 5. The van der Waals surface area contributed by atoms with Crippen molar-refractivity contribution in [1.29, 1.82) is 0 Å². The van der Waals surface area contributed by atoms with Gasteiger partial charge < -0.3 is 5.32 Å². The minimum absolute atomic E-state index is 0.152. The van der Waals surface area contributed by atoms with Gasteiger partial charge in [-0.25, -0.2) is 4.68 Å². The van der Waals surface area contributed by atoms with Gasteiger partial charge >= 0.3 is 0 Å². The quantitative estimate of drug-likeness (QED) is 0.875. The number of nitrogens with zero attached hydrogens (tertiary/aromatic N) is 5. The second kappa shape index (κ2) is 4.89. The highest BCUT2D eigenvalue weighted by Gasteiger charge is 2.06. The summed E-state index contributed by atoms with van der Waals surface area (Å²) in [5.74, 6) is 0.871. The van der Waals surface area contributed by atoms with E-state index in [2.05, 4.69) is 32.3 Å². The highest BCUT2D eigenvalue weighted by atomic mass is 35.5. The van der Waals surface area contributed by atoms with Crippen LogP contribution in [0.1, 0.15) is 13.3 Å². The standard InChI is InChI=1S/C9H11ClN6/c1-2-4-11-8-13-7(10)14-9(15-8)16-6-3-5-12-16/h3,5-6H,2,4H2,1H3,(H,11,13,14,15). The van der Waals surface area contributed by atoms with Crippen molar-refractivity contribution in [1.82, 2.24) is 24.7 Å². The van der Waals surface area contributed by atoms with Gasteiger partial charge in [0.1, 0.15) is 0 Å². The molecule has 0 radical (unpaired) electrons. The maximum absolute atomic E-state index is 5.80. The van der Waals surface area contributed by atoms with Crippen molar-refractivity contribution in [2.24, 2.45) is 0 Å². The van der Waals surface area contributed by atoms with E-state index in [4.69, 9.17) is 11.6 Å². The van der Waals surface area contributed by atoms with E-state index in [1.807, 2.05) is 0 Å². The fourth-order valence-corrected chi connectivity index (χ4v) is 1.30. The molecule has 0 aliphatic heterocycles. The molecular weight excluding hydrogens is 228 g/mol. The van der Waals surface area contributed by atoms with Crippen LogP contribution in [0.4, 0.5) is 5.95 Å². The Kier molecular flexibility index (Phi) is 3.31. The van der Waals surface area contributed by atoms with Crippen LogP contribution in [-0.4, -0.2) is 31.3 Å². The summed E-state index contributed by atoms with van der Waals surface area (Å²) in [6.07, 6.45) is 4.38. The number of aromatic nitrogens is 5. The van der Waals surface area contributed by atoms with E-state index in [9.17, 15) is 0 Å². The van der Waals surface area contributed by atoms with Crippen LogP contribution in [0.5, 0.6) is 0 Å². The summed E-state index contributed by atoms with van der Waals surface area (Å²) in [7, 11) is 0. The van der Waals surface area contributed by atoms with Gasteiger partial charge in [0.15, 0.2) is 0 Å². The Bertz CT molecular complexity index is 455. The van der Waals surface area contributed by atoms with E-state index in [1.54, 1.807) is 18.5 Å². The first kappa shape index (κ1) is 10.8. The molecule has 0 atom stereocenters. The summed E-state index contributed by atoms with van der Waals surface area (Å²) >= 11 is 5.80. The summed E-state index contributed by atoms with van der Waals surface area (Å²) in [5, 5.41) is 7.23. The van der Waals surface area contributed by atoms with Crippen molar-refractivity contribution in [2.45, 2.75) is 13.3 Å². The molecule has 0 aliphatic rings. The molecule has 0 amide bonds. The Morgan fingerprint density at radius 1 is 1.38 bits per heavy atom. The number of halogens is 1. The van der Waals surface area contributed by atoms with Crippen LogP contribution in [0.15, 0.2) is 18.5 Å². The number of hydrogen-bond donors (Lipinski definition) is 1. The van der Waals surface area contributed by atoms with Gasteiger partial charge in [-0.2, -0.15) is 20.1 Å². The van der Waals surface area contributed by atoms with E-state index < -0.39 is 0 Å². The first-order valence-corrected chi connectivity index (χ1v) is 5.33. The lowest BCUT2D eigenvalue weighted by Gasteiger charge is -2.05. The Balaban J connectivity index is 2.29. The van der Waals surface area contributed by atoms with Crippen LogP contribution < -0.4 is 5.32 Å². The molecule has 2 aromatic heterocycles. The molecule has 0 bridgehead atoms. The van der Waals surface area contributed by atoms with E-state index in [0.29, 0.717) is 11.9 Å². The predicted octanol–water partition coefficient (Wildman–Crippen LogP) is 1.53. The minimum atomic E-state index is 0.152. The van der Waals surface area contributed by atoms with E-state index in [1.165, 1.54) is 4.68 Å². The third-order valence-electron chi connectivity index (χ3n) is 1.84. The fraction of sp³-hybridized carbons (Fsp3) is 0.333. The Morgan fingerprint density at radius 2 is 2.25 bits per heavy atom. The predicted molar refractivity (Wildman–Crippen MR) is 60.7 cm³/mol. The third-order valence-corrected chi connectivity index (χ3v) is 2.01. The van der Waals surface area contributed by atoms with Gasteiger partial charge in [-0.3, -0.25) is 0 Å². The van der Waals surface area contributed by atoms with Gasteiger partial charge in [-0.05, 0) is 24.1 Å². The molecule has 7 heteroatoms. The Hall–Kier alpha value is -1.69. The van der Waals surface area contributed by atoms with Crippen LogP contribution >= 0.6 is 11.6 Å². The zero-order valence-electron chi connectivity index (χ0n) is 8.76. The molecule has 0 saturated carbocycles. The van der Waals surface area contributed by atoms with Crippen LogP contribution in [0.2, 0.25) is 5.28 Å². The summed E-state index contributed by atoms with van der Waals surface area (Å²) in [6.45, 7) is 2.85. The molecule has 0 aliphatic carbocycles. The fourth-order valence-electron chi connectivity index (χ4n) is 1.15. The maximum Gasteiger partial charge on any atom is 0.256 e. The lowest BCUT2D eigenvalue weighted by Crippen LogP contribution is -2.09. The first-order valence-electron chi connectivity index (χ1n) is 4.95. The maximum atomic E-state index is 5.80. The molecule has 2 aromatic rings. The molecule has 1 N–H and O–H groups in total. The van der Waals surface area contributed by atoms with E-state index in [-0.39, 0.29) is 5.28 Å². The Labute approximate surface area is 97.7 Å². The molecular formula is C9H11ClN6. The average Bonchev–Trinajstić information content (AvgIpc) is 2.79. The topological polar surface area (TPSA) is 68.5 Å². The molecule has 84 valence electrons. The summed E-state index contributed by atoms with van der Waals surface area (Å²) in [6, 6.07) is 1.79.